The number of hydrogen-bond acceptors (Lipinski definition) is 4. The van der Waals surface area contributed by atoms with Crippen LogP contribution in [-0.4, -0.2) is 44.2 Å². The molecule has 0 rings (SSSR count). The highest BCUT2D eigenvalue weighted by atomic mass is 28.4. The molecular weight excluding hydrogens is 260 g/mol. The molecule has 0 saturated carbocycles. The Morgan fingerprint density at radius 2 is 1.93 bits per heavy atom. The van der Waals surface area contributed by atoms with E-state index in [4.69, 9.17) is 17.1 Å². The van der Waals surface area contributed by atoms with Crippen LogP contribution in [0.25, 0.3) is 0 Å². The highest BCUT2D eigenvalue weighted by molar-refractivity contribution is 6.62. The lowest BCUT2D eigenvalue weighted by molar-refractivity contribution is 0.146. The Morgan fingerprint density at radius 1 is 1.27 bits per heavy atom. The van der Waals surface area contributed by atoms with Crippen LogP contribution in [-0.2, 0) is 17.1 Å². The Morgan fingerprint density at radius 3 is 2.40 bits per heavy atom. The molecule has 0 radical (unpaired) electrons. The molecule has 1 atom stereocenters. The topological polar surface area (TPSA) is 36.9 Å². The maximum absolute atomic E-state index is 5.65. The summed E-state index contributed by atoms with van der Waals surface area (Å²) in [6.07, 6.45) is 1.96. The molecule has 8 heteroatoms. The van der Waals surface area contributed by atoms with E-state index in [2.05, 4.69) is 13.1 Å². The monoisotopic (exact) mass is 282 g/mol. The van der Waals surface area contributed by atoms with Gasteiger partial charge < -0.3 is 12.3 Å². The molecule has 0 aromatic carbocycles. The Hall–Kier alpha value is 0.578. The van der Waals surface area contributed by atoms with Gasteiger partial charge in [0.2, 0.25) is 6.23 Å². The standard InChI is InChI=1S/C7H22O4Si4/c1-7(2)8-6-15(9-12-3)11-13-10-14(4)5/h6-7,12,14-15H,13H2,1-5H3. The highest BCUT2D eigenvalue weighted by Gasteiger charge is 2.23. The average Bonchev–Trinajstić information content (AvgIpc) is 2.13. The first-order valence-corrected chi connectivity index (χ1v) is 12.4. The van der Waals surface area contributed by atoms with Crippen molar-refractivity contribution < 1.29 is 17.1 Å². The fourth-order valence-corrected chi connectivity index (χ4v) is 6.46. The van der Waals surface area contributed by atoms with E-state index in [1.54, 1.807) is 6.23 Å². The third kappa shape index (κ3) is 10.9. The lowest BCUT2D eigenvalue weighted by atomic mass is 10.5. The van der Waals surface area contributed by atoms with Gasteiger partial charge in [0.05, 0.1) is 0 Å². The van der Waals surface area contributed by atoms with Crippen LogP contribution < -0.4 is 0 Å². The molecule has 0 heterocycles. The highest BCUT2D eigenvalue weighted by Crippen LogP contribution is 1.99. The van der Waals surface area contributed by atoms with Gasteiger partial charge in [-0.15, -0.1) is 9.76 Å². The molecule has 0 spiro atoms. The van der Waals surface area contributed by atoms with Crippen LogP contribution in [0.1, 0.15) is 13.8 Å². The summed E-state index contributed by atoms with van der Waals surface area (Å²) >= 11 is 0. The summed E-state index contributed by atoms with van der Waals surface area (Å²) in [5.41, 5.74) is 0. The second kappa shape index (κ2) is 9.78. The fourth-order valence-electron chi connectivity index (χ4n) is 0.708. The molecule has 0 aliphatic heterocycles. The fraction of sp³-hybridized carbons (Fsp3) is 0.857. The summed E-state index contributed by atoms with van der Waals surface area (Å²) in [4.78, 5) is 0. The largest absolute Gasteiger partial charge is 0.578 e. The third-order valence-corrected chi connectivity index (χ3v) is 8.98. The van der Waals surface area contributed by atoms with Crippen LogP contribution in [0.3, 0.4) is 0 Å². The van der Waals surface area contributed by atoms with Crippen molar-refractivity contribution in [2.45, 2.75) is 39.6 Å². The minimum absolute atomic E-state index is 0.0143. The molecule has 0 fully saturated rings. The SMILES string of the molecule is C[SiH-]O[SiH]([CH+]OC(C)C)O[SiH2]O[SiH](C)C. The molecule has 0 amide bonds. The summed E-state index contributed by atoms with van der Waals surface area (Å²) in [6.45, 7) is 10.3. The predicted molar refractivity (Wildman–Crippen MR) is 71.4 cm³/mol. The molecule has 4 nitrogen and oxygen atoms in total. The molecule has 0 N–H and O–H groups in total. The first-order valence-electron chi connectivity index (χ1n) is 5.21. The van der Waals surface area contributed by atoms with Crippen LogP contribution in [0.5, 0.6) is 0 Å². The van der Waals surface area contributed by atoms with Gasteiger partial charge in [0.15, 0.2) is 9.04 Å². The number of rotatable bonds is 9. The molecule has 0 aliphatic carbocycles. The average molecular weight is 283 g/mol. The number of ether oxygens (including phenoxy) is 1. The van der Waals surface area contributed by atoms with E-state index in [1.165, 1.54) is 0 Å². The molecule has 0 saturated heterocycles. The normalized spacial score (nSPS) is 14.3. The molecule has 0 aromatic rings. The van der Waals surface area contributed by atoms with E-state index in [-0.39, 0.29) is 15.9 Å². The van der Waals surface area contributed by atoms with E-state index in [0.717, 1.165) is 0 Å². The minimum atomic E-state index is -1.70. The van der Waals surface area contributed by atoms with E-state index in [1.807, 2.05) is 20.4 Å². The second-order valence-electron chi connectivity index (χ2n) is 3.56. The second-order valence-corrected chi connectivity index (χ2v) is 11.1. The van der Waals surface area contributed by atoms with Gasteiger partial charge in [-0.2, -0.15) is 6.55 Å². The van der Waals surface area contributed by atoms with E-state index < -0.39 is 28.3 Å². The molecule has 15 heavy (non-hydrogen) atoms. The van der Waals surface area contributed by atoms with Gasteiger partial charge in [-0.25, -0.2) is 4.74 Å². The maximum Gasteiger partial charge on any atom is 0.542 e. The first-order chi connectivity index (χ1) is 7.06. The lowest BCUT2D eigenvalue weighted by Crippen LogP contribution is -2.31. The Bertz CT molecular complexity index is 147. The van der Waals surface area contributed by atoms with E-state index >= 15 is 0 Å². The summed E-state index contributed by atoms with van der Waals surface area (Å²) < 4.78 is 22.2. The van der Waals surface area contributed by atoms with Crippen molar-refractivity contribution in [1.29, 1.82) is 0 Å². The molecule has 90 valence electrons. The van der Waals surface area contributed by atoms with Crippen LogP contribution in [0, 0.1) is 6.23 Å². The molecule has 0 aromatic heterocycles. The zero-order chi connectivity index (χ0) is 11.7. The van der Waals surface area contributed by atoms with Gasteiger partial charge in [-0.05, 0) is 26.9 Å². The molecule has 1 unspecified atom stereocenters. The minimum Gasteiger partial charge on any atom is -0.578 e. The van der Waals surface area contributed by atoms with Crippen LogP contribution in [0.2, 0.25) is 19.6 Å². The Labute approximate surface area is 101 Å². The Balaban J connectivity index is 3.62. The first kappa shape index (κ1) is 15.6. The number of hydrogen-bond donors (Lipinski definition) is 0. The zero-order valence-corrected chi connectivity index (χ0v) is 15.1. The van der Waals surface area contributed by atoms with Gasteiger partial charge in [0.25, 0.3) is 10.0 Å². The summed E-state index contributed by atoms with van der Waals surface area (Å²) in [7, 11) is -3.47. The third-order valence-electron chi connectivity index (χ3n) is 1.37. The van der Waals surface area contributed by atoms with Gasteiger partial charge >= 0.3 is 9.28 Å². The van der Waals surface area contributed by atoms with Crippen molar-refractivity contribution in [3.8, 4) is 0 Å². The summed E-state index contributed by atoms with van der Waals surface area (Å²) in [5.74, 6) is 0. The molecule has 0 bridgehead atoms. The zero-order valence-electron chi connectivity index (χ0n) is 10.2. The lowest BCUT2D eigenvalue weighted by Gasteiger charge is -2.15. The Kier molecular flexibility index (Phi) is 10.2. The van der Waals surface area contributed by atoms with Crippen molar-refractivity contribution in [1.82, 2.24) is 0 Å². The van der Waals surface area contributed by atoms with E-state index in [9.17, 15) is 0 Å². The van der Waals surface area contributed by atoms with Crippen LogP contribution >= 0.6 is 0 Å². The van der Waals surface area contributed by atoms with Crippen LogP contribution in [0.4, 0.5) is 0 Å². The van der Waals surface area contributed by atoms with Gasteiger partial charge in [-0.3, -0.25) is 0 Å². The smallest absolute Gasteiger partial charge is 0.542 e. The summed E-state index contributed by atoms with van der Waals surface area (Å²) in [6, 6.07) is 0. The van der Waals surface area contributed by atoms with Crippen molar-refractivity contribution in [3.05, 3.63) is 6.23 Å². The maximum atomic E-state index is 5.65. The predicted octanol–water partition coefficient (Wildman–Crippen LogP) is -0.236. The van der Waals surface area contributed by atoms with Gasteiger partial charge in [-0.1, -0.05) is 0 Å². The van der Waals surface area contributed by atoms with Crippen molar-refractivity contribution in [3.63, 3.8) is 0 Å². The van der Waals surface area contributed by atoms with Crippen LogP contribution in [0.15, 0.2) is 0 Å². The molecular formula is C7H22O4Si4. The van der Waals surface area contributed by atoms with Crippen molar-refractivity contribution in [2.75, 3.05) is 0 Å². The van der Waals surface area contributed by atoms with Crippen molar-refractivity contribution >= 4 is 38.1 Å². The quantitative estimate of drug-likeness (QED) is 0.432. The molecule has 0 aliphatic rings. The summed E-state index contributed by atoms with van der Waals surface area (Å²) in [5, 5.41) is 0. The van der Waals surface area contributed by atoms with Gasteiger partial charge in [0, 0.05) is 0 Å². The van der Waals surface area contributed by atoms with Crippen molar-refractivity contribution in [2.24, 2.45) is 0 Å². The van der Waals surface area contributed by atoms with Gasteiger partial charge in [0.1, 0.15) is 6.10 Å². The van der Waals surface area contributed by atoms with E-state index in [0.29, 0.717) is 0 Å².